The molecule has 0 aromatic rings. The SMILES string of the molecule is NCCC[C@@H](NC(CCC(=O)O)C(=O)O)C(=O)O. The van der Waals surface area contributed by atoms with E-state index in [1.165, 1.54) is 0 Å². The van der Waals surface area contributed by atoms with E-state index in [-0.39, 0.29) is 19.3 Å². The average Bonchev–Trinajstić information content (AvgIpc) is 2.26. The Morgan fingerprint density at radius 1 is 1.00 bits per heavy atom. The first-order valence-electron chi connectivity index (χ1n) is 5.52. The van der Waals surface area contributed by atoms with Gasteiger partial charge in [0.2, 0.25) is 0 Å². The second-order valence-corrected chi connectivity index (χ2v) is 3.81. The molecule has 104 valence electrons. The highest BCUT2D eigenvalue weighted by Gasteiger charge is 2.25. The number of carboxylic acid groups (broad SMARTS) is 3. The van der Waals surface area contributed by atoms with Gasteiger partial charge >= 0.3 is 17.9 Å². The monoisotopic (exact) mass is 262 g/mol. The Morgan fingerprint density at radius 2 is 1.50 bits per heavy atom. The number of aliphatic carboxylic acids is 3. The minimum atomic E-state index is -1.27. The van der Waals surface area contributed by atoms with Gasteiger partial charge in [-0.1, -0.05) is 0 Å². The second-order valence-electron chi connectivity index (χ2n) is 3.81. The van der Waals surface area contributed by atoms with E-state index in [1.807, 2.05) is 0 Å². The smallest absolute Gasteiger partial charge is 0.320 e. The molecule has 8 nitrogen and oxygen atoms in total. The van der Waals surface area contributed by atoms with E-state index in [2.05, 4.69) is 5.32 Å². The highest BCUT2D eigenvalue weighted by atomic mass is 16.4. The fraction of sp³-hybridized carbons (Fsp3) is 0.700. The summed E-state index contributed by atoms with van der Waals surface area (Å²) < 4.78 is 0. The Bertz CT molecular complexity index is 307. The van der Waals surface area contributed by atoms with Gasteiger partial charge in [0.05, 0.1) is 0 Å². The number of hydrogen-bond donors (Lipinski definition) is 5. The lowest BCUT2D eigenvalue weighted by Crippen LogP contribution is -2.47. The highest BCUT2D eigenvalue weighted by Crippen LogP contribution is 2.04. The molecule has 6 N–H and O–H groups in total. The van der Waals surface area contributed by atoms with Crippen molar-refractivity contribution in [1.82, 2.24) is 5.32 Å². The largest absolute Gasteiger partial charge is 0.481 e. The number of rotatable bonds is 10. The van der Waals surface area contributed by atoms with Crippen LogP contribution in [0.1, 0.15) is 25.7 Å². The van der Waals surface area contributed by atoms with Crippen LogP contribution in [0.15, 0.2) is 0 Å². The van der Waals surface area contributed by atoms with Gasteiger partial charge in [-0.05, 0) is 25.8 Å². The average molecular weight is 262 g/mol. The number of nitrogens with one attached hydrogen (secondary N) is 1. The molecule has 0 aromatic heterocycles. The highest BCUT2D eigenvalue weighted by molar-refractivity contribution is 5.78. The summed E-state index contributed by atoms with van der Waals surface area (Å²) >= 11 is 0. The number of nitrogens with two attached hydrogens (primary N) is 1. The molecule has 0 aliphatic rings. The molecular weight excluding hydrogens is 244 g/mol. The maximum absolute atomic E-state index is 10.9. The van der Waals surface area contributed by atoms with Crippen LogP contribution in [0.3, 0.4) is 0 Å². The number of carboxylic acids is 3. The molecule has 0 aliphatic heterocycles. The lowest BCUT2D eigenvalue weighted by atomic mass is 10.1. The summed E-state index contributed by atoms with van der Waals surface area (Å²) in [5.74, 6) is -3.57. The van der Waals surface area contributed by atoms with E-state index in [9.17, 15) is 14.4 Å². The summed E-state index contributed by atoms with van der Waals surface area (Å²) in [6, 6.07) is -2.23. The molecule has 0 spiro atoms. The molecule has 0 saturated heterocycles. The summed E-state index contributed by atoms with van der Waals surface area (Å²) in [4.78, 5) is 32.1. The minimum absolute atomic E-state index is 0.170. The Kier molecular flexibility index (Phi) is 7.64. The molecule has 8 heteroatoms. The number of carbonyl (C=O) groups is 3. The first-order valence-corrected chi connectivity index (χ1v) is 5.52. The van der Waals surface area contributed by atoms with Crippen LogP contribution in [0, 0.1) is 0 Å². The van der Waals surface area contributed by atoms with E-state index in [1.54, 1.807) is 0 Å². The molecule has 0 heterocycles. The Balaban J connectivity index is 4.45. The lowest BCUT2D eigenvalue weighted by molar-refractivity contribution is -0.143. The van der Waals surface area contributed by atoms with E-state index >= 15 is 0 Å². The predicted molar refractivity (Wildman–Crippen MR) is 61.1 cm³/mol. The van der Waals surface area contributed by atoms with Gasteiger partial charge in [-0.2, -0.15) is 0 Å². The van der Waals surface area contributed by atoms with Crippen LogP contribution in [0.5, 0.6) is 0 Å². The lowest BCUT2D eigenvalue weighted by Gasteiger charge is -2.19. The molecule has 0 fully saturated rings. The van der Waals surface area contributed by atoms with Crippen LogP contribution in [-0.2, 0) is 14.4 Å². The van der Waals surface area contributed by atoms with E-state index in [4.69, 9.17) is 21.1 Å². The van der Waals surface area contributed by atoms with Crippen LogP contribution in [0.4, 0.5) is 0 Å². The van der Waals surface area contributed by atoms with Crippen molar-refractivity contribution in [2.75, 3.05) is 6.54 Å². The second kappa shape index (κ2) is 8.43. The van der Waals surface area contributed by atoms with Gasteiger partial charge in [-0.3, -0.25) is 19.7 Å². The van der Waals surface area contributed by atoms with E-state index in [0.29, 0.717) is 13.0 Å². The van der Waals surface area contributed by atoms with Gasteiger partial charge in [0, 0.05) is 6.42 Å². The first-order chi connectivity index (χ1) is 8.38. The van der Waals surface area contributed by atoms with Gasteiger partial charge in [0.25, 0.3) is 0 Å². The maximum atomic E-state index is 10.9. The zero-order valence-corrected chi connectivity index (χ0v) is 9.83. The zero-order valence-electron chi connectivity index (χ0n) is 9.83. The molecule has 0 rings (SSSR count). The molecule has 18 heavy (non-hydrogen) atoms. The van der Waals surface area contributed by atoms with Crippen molar-refractivity contribution in [2.45, 2.75) is 37.8 Å². The minimum Gasteiger partial charge on any atom is -0.481 e. The Hall–Kier alpha value is -1.67. The third-order valence-corrected chi connectivity index (χ3v) is 2.34. The van der Waals surface area contributed by atoms with Gasteiger partial charge in [-0.25, -0.2) is 0 Å². The Labute approximate surface area is 104 Å². The summed E-state index contributed by atoms with van der Waals surface area (Å²) in [6.07, 6.45) is 0.127. The fourth-order valence-electron chi connectivity index (χ4n) is 1.39. The van der Waals surface area contributed by atoms with E-state index < -0.39 is 30.0 Å². The third-order valence-electron chi connectivity index (χ3n) is 2.34. The van der Waals surface area contributed by atoms with Crippen LogP contribution in [0.2, 0.25) is 0 Å². The molecular formula is C10H18N2O6. The van der Waals surface area contributed by atoms with Crippen molar-refractivity contribution in [3.63, 3.8) is 0 Å². The van der Waals surface area contributed by atoms with Gasteiger partial charge < -0.3 is 21.1 Å². The third kappa shape index (κ3) is 6.81. The standard InChI is InChI=1S/C10H18N2O6/c11-5-1-2-6(9(15)16)12-7(10(17)18)3-4-8(13)14/h6-7,12H,1-5,11H2,(H,13,14)(H,15,16)(H,17,18)/t6-,7?/m1/s1. The van der Waals surface area contributed by atoms with Gasteiger partial charge in [-0.15, -0.1) is 0 Å². The molecule has 2 atom stereocenters. The topological polar surface area (TPSA) is 150 Å². The molecule has 1 unspecified atom stereocenters. The predicted octanol–water partition coefficient (Wildman–Crippen LogP) is -0.914. The Morgan fingerprint density at radius 3 is 1.89 bits per heavy atom. The van der Waals surface area contributed by atoms with Crippen molar-refractivity contribution >= 4 is 17.9 Å². The van der Waals surface area contributed by atoms with Crippen molar-refractivity contribution in [1.29, 1.82) is 0 Å². The van der Waals surface area contributed by atoms with Crippen LogP contribution < -0.4 is 11.1 Å². The van der Waals surface area contributed by atoms with Crippen LogP contribution in [-0.4, -0.2) is 51.9 Å². The molecule has 0 bridgehead atoms. The first kappa shape index (κ1) is 16.3. The fourth-order valence-corrected chi connectivity index (χ4v) is 1.39. The molecule has 0 aliphatic carbocycles. The zero-order chi connectivity index (χ0) is 14.1. The number of hydrogen-bond acceptors (Lipinski definition) is 5. The van der Waals surface area contributed by atoms with Crippen LogP contribution >= 0.6 is 0 Å². The summed E-state index contributed by atoms with van der Waals surface area (Å²) in [6.45, 7) is 0.304. The van der Waals surface area contributed by atoms with Crippen molar-refractivity contribution in [3.8, 4) is 0 Å². The summed E-state index contributed by atoms with van der Waals surface area (Å²) in [7, 11) is 0. The van der Waals surface area contributed by atoms with Gasteiger partial charge in [0.1, 0.15) is 12.1 Å². The molecule has 0 aromatic carbocycles. The van der Waals surface area contributed by atoms with Crippen molar-refractivity contribution in [2.24, 2.45) is 5.73 Å². The van der Waals surface area contributed by atoms with Crippen molar-refractivity contribution in [3.05, 3.63) is 0 Å². The van der Waals surface area contributed by atoms with Crippen molar-refractivity contribution < 1.29 is 29.7 Å². The maximum Gasteiger partial charge on any atom is 0.320 e. The van der Waals surface area contributed by atoms with Gasteiger partial charge in [0.15, 0.2) is 0 Å². The van der Waals surface area contributed by atoms with E-state index in [0.717, 1.165) is 0 Å². The normalized spacial score (nSPS) is 13.8. The van der Waals surface area contributed by atoms with Crippen LogP contribution in [0.25, 0.3) is 0 Å². The molecule has 0 radical (unpaired) electrons. The molecule has 0 saturated carbocycles. The summed E-state index contributed by atoms with van der Waals surface area (Å²) in [5.41, 5.74) is 5.25. The quantitative estimate of drug-likeness (QED) is 0.339. The molecule has 0 amide bonds. The summed E-state index contributed by atoms with van der Waals surface area (Å²) in [5, 5.41) is 28.7.